The Morgan fingerprint density at radius 3 is 2.68 bits per heavy atom. The number of nitrogens with two attached hydrogens (primary N) is 1. The van der Waals surface area contributed by atoms with Gasteiger partial charge in [0.15, 0.2) is 0 Å². The van der Waals surface area contributed by atoms with E-state index in [4.69, 9.17) is 5.73 Å². The van der Waals surface area contributed by atoms with Gasteiger partial charge in [0.2, 0.25) is 0 Å². The SMILES string of the molecule is CCC(N)C(c1ccc(C)s1)N1CCN(C)CC1C. The summed E-state index contributed by atoms with van der Waals surface area (Å²) in [5, 5.41) is 0. The Bertz CT molecular complexity index is 404. The average Bonchev–Trinajstić information content (AvgIpc) is 2.78. The number of likely N-dealkylation sites (N-methyl/N-ethyl adjacent to an activating group) is 1. The maximum atomic E-state index is 6.44. The van der Waals surface area contributed by atoms with Crippen LogP contribution in [0.3, 0.4) is 0 Å². The van der Waals surface area contributed by atoms with E-state index in [1.165, 1.54) is 9.75 Å². The van der Waals surface area contributed by atoms with Crippen LogP contribution in [-0.4, -0.2) is 48.6 Å². The highest BCUT2D eigenvalue weighted by Gasteiger charge is 2.32. The molecule has 0 amide bonds. The molecule has 1 fully saturated rings. The summed E-state index contributed by atoms with van der Waals surface area (Å²) in [4.78, 5) is 7.84. The third-order valence-electron chi connectivity index (χ3n) is 4.17. The van der Waals surface area contributed by atoms with Gasteiger partial charge in [-0.25, -0.2) is 0 Å². The van der Waals surface area contributed by atoms with Gasteiger partial charge in [0.25, 0.3) is 0 Å². The molecule has 3 atom stereocenters. The molecular formula is C15H27N3S. The van der Waals surface area contributed by atoms with Crippen molar-refractivity contribution in [1.29, 1.82) is 0 Å². The van der Waals surface area contributed by atoms with E-state index in [0.29, 0.717) is 12.1 Å². The lowest BCUT2D eigenvalue weighted by molar-refractivity contribution is 0.0506. The highest BCUT2D eigenvalue weighted by molar-refractivity contribution is 7.12. The Balaban J connectivity index is 2.22. The maximum absolute atomic E-state index is 6.44. The molecule has 1 aromatic rings. The number of rotatable bonds is 4. The molecule has 19 heavy (non-hydrogen) atoms. The maximum Gasteiger partial charge on any atom is 0.0596 e. The van der Waals surface area contributed by atoms with Gasteiger partial charge in [0.1, 0.15) is 0 Å². The molecule has 2 N–H and O–H groups in total. The van der Waals surface area contributed by atoms with Crippen molar-refractivity contribution in [2.75, 3.05) is 26.7 Å². The second-order valence-corrected chi connectivity index (χ2v) is 7.13. The third kappa shape index (κ3) is 3.37. The van der Waals surface area contributed by atoms with E-state index in [-0.39, 0.29) is 6.04 Å². The van der Waals surface area contributed by atoms with Crippen LogP contribution in [-0.2, 0) is 0 Å². The van der Waals surface area contributed by atoms with Gasteiger partial charge >= 0.3 is 0 Å². The first-order valence-corrected chi connectivity index (χ1v) is 8.10. The summed E-state index contributed by atoms with van der Waals surface area (Å²) in [6.45, 7) is 10.1. The summed E-state index contributed by atoms with van der Waals surface area (Å²) < 4.78 is 0. The van der Waals surface area contributed by atoms with Gasteiger partial charge in [-0.15, -0.1) is 11.3 Å². The van der Waals surface area contributed by atoms with Crippen LogP contribution >= 0.6 is 11.3 Å². The summed E-state index contributed by atoms with van der Waals surface area (Å²) in [7, 11) is 2.21. The second-order valence-electron chi connectivity index (χ2n) is 5.81. The standard InChI is InChI=1S/C15H27N3S/c1-5-13(16)15(14-7-6-12(3)19-14)18-9-8-17(4)10-11(18)2/h6-7,11,13,15H,5,8-10,16H2,1-4H3. The van der Waals surface area contributed by atoms with E-state index in [0.717, 1.165) is 26.1 Å². The number of nitrogens with zero attached hydrogens (tertiary/aromatic N) is 2. The molecule has 1 aliphatic rings. The summed E-state index contributed by atoms with van der Waals surface area (Å²) in [6, 6.07) is 5.67. The van der Waals surface area contributed by atoms with Gasteiger partial charge in [0, 0.05) is 41.5 Å². The minimum absolute atomic E-state index is 0.226. The Kier molecular flexibility index (Phi) is 5.01. The third-order valence-corrected chi connectivity index (χ3v) is 5.24. The van der Waals surface area contributed by atoms with E-state index < -0.39 is 0 Å². The molecule has 1 saturated heterocycles. The van der Waals surface area contributed by atoms with Gasteiger partial charge in [-0.3, -0.25) is 4.90 Å². The number of aryl methyl sites for hydroxylation is 1. The highest BCUT2D eigenvalue weighted by Crippen LogP contribution is 2.33. The van der Waals surface area contributed by atoms with Gasteiger partial charge in [-0.1, -0.05) is 6.92 Å². The van der Waals surface area contributed by atoms with Gasteiger partial charge < -0.3 is 10.6 Å². The van der Waals surface area contributed by atoms with Gasteiger partial charge in [0.05, 0.1) is 6.04 Å². The van der Waals surface area contributed by atoms with Crippen molar-refractivity contribution in [2.24, 2.45) is 5.73 Å². The molecule has 2 rings (SSSR count). The van der Waals surface area contributed by atoms with E-state index >= 15 is 0 Å². The van der Waals surface area contributed by atoms with Crippen LogP contribution in [0.15, 0.2) is 12.1 Å². The lowest BCUT2D eigenvalue weighted by Gasteiger charge is -2.44. The van der Waals surface area contributed by atoms with Crippen LogP contribution in [0.25, 0.3) is 0 Å². The molecule has 1 aliphatic heterocycles. The molecule has 0 radical (unpaired) electrons. The summed E-state index contributed by atoms with van der Waals surface area (Å²) in [5.74, 6) is 0. The predicted octanol–water partition coefficient (Wildman–Crippen LogP) is 2.47. The molecule has 3 nitrogen and oxygen atoms in total. The lowest BCUT2D eigenvalue weighted by atomic mass is 10.00. The Labute approximate surface area is 121 Å². The van der Waals surface area contributed by atoms with E-state index in [9.17, 15) is 0 Å². The van der Waals surface area contributed by atoms with Gasteiger partial charge in [-0.05, 0) is 39.4 Å². The normalized spacial score (nSPS) is 25.4. The van der Waals surface area contributed by atoms with E-state index in [2.05, 4.69) is 49.8 Å². The molecule has 108 valence electrons. The van der Waals surface area contributed by atoms with Crippen molar-refractivity contribution in [3.63, 3.8) is 0 Å². The predicted molar refractivity (Wildman–Crippen MR) is 83.7 cm³/mol. The fourth-order valence-electron chi connectivity index (χ4n) is 3.02. The fraction of sp³-hybridized carbons (Fsp3) is 0.733. The van der Waals surface area contributed by atoms with Crippen LogP contribution in [0.2, 0.25) is 0 Å². The highest BCUT2D eigenvalue weighted by atomic mass is 32.1. The first kappa shape index (κ1) is 15.0. The molecule has 3 unspecified atom stereocenters. The zero-order chi connectivity index (χ0) is 14.0. The molecule has 0 aromatic carbocycles. The number of piperazine rings is 1. The smallest absolute Gasteiger partial charge is 0.0596 e. The molecule has 4 heteroatoms. The zero-order valence-corrected chi connectivity index (χ0v) is 13.4. The fourth-order valence-corrected chi connectivity index (χ4v) is 4.10. The van der Waals surface area contributed by atoms with Crippen LogP contribution < -0.4 is 5.73 Å². The van der Waals surface area contributed by atoms with Crippen molar-refractivity contribution in [1.82, 2.24) is 9.80 Å². The van der Waals surface area contributed by atoms with E-state index in [1.807, 2.05) is 11.3 Å². The van der Waals surface area contributed by atoms with Crippen LogP contribution in [0.5, 0.6) is 0 Å². The molecule has 0 bridgehead atoms. The van der Waals surface area contributed by atoms with Crippen molar-refractivity contribution in [2.45, 2.75) is 45.3 Å². The molecule has 1 aromatic heterocycles. The Morgan fingerprint density at radius 1 is 1.42 bits per heavy atom. The Morgan fingerprint density at radius 2 is 2.16 bits per heavy atom. The summed E-state index contributed by atoms with van der Waals surface area (Å²) in [5.41, 5.74) is 6.44. The van der Waals surface area contributed by atoms with Crippen molar-refractivity contribution >= 4 is 11.3 Å². The molecule has 0 aliphatic carbocycles. The van der Waals surface area contributed by atoms with Crippen molar-refractivity contribution < 1.29 is 0 Å². The largest absolute Gasteiger partial charge is 0.326 e. The van der Waals surface area contributed by atoms with Crippen LogP contribution in [0, 0.1) is 6.92 Å². The summed E-state index contributed by atoms with van der Waals surface area (Å²) >= 11 is 1.90. The van der Waals surface area contributed by atoms with Gasteiger partial charge in [-0.2, -0.15) is 0 Å². The topological polar surface area (TPSA) is 32.5 Å². The lowest BCUT2D eigenvalue weighted by Crippen LogP contribution is -2.54. The van der Waals surface area contributed by atoms with Crippen molar-refractivity contribution in [3.8, 4) is 0 Å². The Hall–Kier alpha value is -0.420. The molecular weight excluding hydrogens is 254 g/mol. The number of hydrogen-bond donors (Lipinski definition) is 1. The van der Waals surface area contributed by atoms with Crippen LogP contribution in [0.4, 0.5) is 0 Å². The molecule has 2 heterocycles. The molecule has 0 spiro atoms. The quantitative estimate of drug-likeness (QED) is 0.920. The van der Waals surface area contributed by atoms with Crippen molar-refractivity contribution in [3.05, 3.63) is 21.9 Å². The second kappa shape index (κ2) is 6.35. The van der Waals surface area contributed by atoms with Crippen LogP contribution in [0.1, 0.15) is 36.1 Å². The molecule has 0 saturated carbocycles. The average molecular weight is 281 g/mol. The number of hydrogen-bond acceptors (Lipinski definition) is 4. The monoisotopic (exact) mass is 281 g/mol. The minimum Gasteiger partial charge on any atom is -0.326 e. The zero-order valence-electron chi connectivity index (χ0n) is 12.6. The van der Waals surface area contributed by atoms with E-state index in [1.54, 1.807) is 0 Å². The first-order valence-electron chi connectivity index (χ1n) is 7.29. The minimum atomic E-state index is 0.226. The first-order chi connectivity index (χ1) is 9.02. The number of thiophene rings is 1. The summed E-state index contributed by atoms with van der Waals surface area (Å²) in [6.07, 6.45) is 1.03.